The zero-order valence-electron chi connectivity index (χ0n) is 6.01. The summed E-state index contributed by atoms with van der Waals surface area (Å²) in [7, 11) is 0. The highest BCUT2D eigenvalue weighted by atomic mass is 15.0. The lowest BCUT2D eigenvalue weighted by Gasteiger charge is -2.21. The molecule has 0 aromatic rings. The van der Waals surface area contributed by atoms with E-state index in [4.69, 9.17) is 5.26 Å². The lowest BCUT2D eigenvalue weighted by Crippen LogP contribution is -2.22. The molecule has 1 saturated carbocycles. The third-order valence-corrected chi connectivity index (χ3v) is 2.82. The average molecular weight is 136 g/mol. The molecule has 2 bridgehead atoms. The molecule has 0 aromatic heterocycles. The van der Waals surface area contributed by atoms with Gasteiger partial charge in [-0.3, -0.25) is 0 Å². The molecule has 1 saturated heterocycles. The molecule has 10 heavy (non-hydrogen) atoms. The Balaban J connectivity index is 2.08. The summed E-state index contributed by atoms with van der Waals surface area (Å²) in [6, 6.07) is 3.14. The van der Waals surface area contributed by atoms with Crippen LogP contribution in [-0.4, -0.2) is 12.6 Å². The second kappa shape index (κ2) is 2.25. The van der Waals surface area contributed by atoms with Crippen LogP contribution in [0.5, 0.6) is 0 Å². The summed E-state index contributed by atoms with van der Waals surface area (Å²) in [5.41, 5.74) is 0. The van der Waals surface area contributed by atoms with Gasteiger partial charge in [0.25, 0.3) is 0 Å². The molecular formula is C8H12N2. The predicted octanol–water partition coefficient (Wildman–Crippen LogP) is 0.898. The van der Waals surface area contributed by atoms with Crippen molar-refractivity contribution in [1.29, 1.82) is 5.26 Å². The van der Waals surface area contributed by atoms with Gasteiger partial charge in [0.1, 0.15) is 0 Å². The van der Waals surface area contributed by atoms with E-state index in [9.17, 15) is 0 Å². The van der Waals surface area contributed by atoms with E-state index in [1.54, 1.807) is 0 Å². The van der Waals surface area contributed by atoms with Crippen LogP contribution in [-0.2, 0) is 0 Å². The summed E-state index contributed by atoms with van der Waals surface area (Å²) in [5, 5.41) is 12.2. The van der Waals surface area contributed by atoms with Crippen LogP contribution in [0.4, 0.5) is 0 Å². The zero-order chi connectivity index (χ0) is 6.97. The molecule has 2 rings (SSSR count). The number of hydrogen-bond donors (Lipinski definition) is 1. The van der Waals surface area contributed by atoms with E-state index >= 15 is 0 Å². The lowest BCUT2D eigenvalue weighted by atomic mass is 9.81. The van der Waals surface area contributed by atoms with Crippen molar-refractivity contribution < 1.29 is 0 Å². The fourth-order valence-corrected chi connectivity index (χ4v) is 2.16. The molecule has 2 nitrogen and oxygen atoms in total. The Morgan fingerprint density at radius 2 is 2.30 bits per heavy atom. The van der Waals surface area contributed by atoms with Crippen molar-refractivity contribution in [2.45, 2.75) is 25.3 Å². The minimum absolute atomic E-state index is 0.353. The van der Waals surface area contributed by atoms with Crippen LogP contribution < -0.4 is 5.32 Å². The van der Waals surface area contributed by atoms with Gasteiger partial charge in [-0.05, 0) is 31.7 Å². The van der Waals surface area contributed by atoms with Gasteiger partial charge in [0.2, 0.25) is 0 Å². The van der Waals surface area contributed by atoms with Gasteiger partial charge >= 0.3 is 0 Å². The van der Waals surface area contributed by atoms with E-state index in [1.165, 1.54) is 12.8 Å². The Morgan fingerprint density at radius 1 is 1.40 bits per heavy atom. The summed E-state index contributed by atoms with van der Waals surface area (Å²) in [4.78, 5) is 0. The van der Waals surface area contributed by atoms with Crippen molar-refractivity contribution in [3.8, 4) is 6.07 Å². The maximum atomic E-state index is 8.73. The van der Waals surface area contributed by atoms with Gasteiger partial charge in [0.15, 0.2) is 0 Å². The van der Waals surface area contributed by atoms with Crippen LogP contribution in [0.1, 0.15) is 19.3 Å². The van der Waals surface area contributed by atoms with Crippen LogP contribution in [0.3, 0.4) is 0 Å². The van der Waals surface area contributed by atoms with Gasteiger partial charge in [-0.2, -0.15) is 5.26 Å². The molecule has 1 aliphatic heterocycles. The first-order valence-corrected chi connectivity index (χ1v) is 4.03. The SMILES string of the molecule is N#CC1CCC2CC1CN2. The van der Waals surface area contributed by atoms with E-state index in [0.717, 1.165) is 19.0 Å². The summed E-state index contributed by atoms with van der Waals surface area (Å²) >= 11 is 0. The van der Waals surface area contributed by atoms with E-state index in [-0.39, 0.29) is 0 Å². The van der Waals surface area contributed by atoms with Crippen LogP contribution in [0, 0.1) is 23.2 Å². The largest absolute Gasteiger partial charge is 0.314 e. The molecule has 3 atom stereocenters. The summed E-state index contributed by atoms with van der Waals surface area (Å²) in [6.45, 7) is 1.09. The van der Waals surface area contributed by atoms with Crippen molar-refractivity contribution in [1.82, 2.24) is 5.32 Å². The maximum absolute atomic E-state index is 8.73. The Morgan fingerprint density at radius 3 is 3.10 bits per heavy atom. The van der Waals surface area contributed by atoms with Gasteiger partial charge in [0, 0.05) is 6.04 Å². The van der Waals surface area contributed by atoms with Crippen molar-refractivity contribution in [2.75, 3.05) is 6.54 Å². The lowest BCUT2D eigenvalue weighted by molar-refractivity contribution is 0.339. The van der Waals surface area contributed by atoms with E-state index in [2.05, 4.69) is 11.4 Å². The Kier molecular flexibility index (Phi) is 1.39. The van der Waals surface area contributed by atoms with Crippen LogP contribution in [0.25, 0.3) is 0 Å². The summed E-state index contributed by atoms with van der Waals surface area (Å²) < 4.78 is 0. The quantitative estimate of drug-likeness (QED) is 0.537. The zero-order valence-corrected chi connectivity index (χ0v) is 6.01. The Bertz CT molecular complexity index is 171. The highest BCUT2D eigenvalue weighted by molar-refractivity contribution is 4.99. The monoisotopic (exact) mass is 136 g/mol. The van der Waals surface area contributed by atoms with Crippen molar-refractivity contribution in [3.05, 3.63) is 0 Å². The van der Waals surface area contributed by atoms with Gasteiger partial charge in [0.05, 0.1) is 12.0 Å². The highest BCUT2D eigenvalue weighted by Crippen LogP contribution is 2.33. The van der Waals surface area contributed by atoms with Gasteiger partial charge in [-0.25, -0.2) is 0 Å². The second-order valence-corrected chi connectivity index (χ2v) is 3.41. The first-order chi connectivity index (χ1) is 4.90. The average Bonchev–Trinajstić information content (AvgIpc) is 2.34. The molecule has 2 fully saturated rings. The van der Waals surface area contributed by atoms with Crippen LogP contribution >= 0.6 is 0 Å². The fraction of sp³-hybridized carbons (Fsp3) is 0.875. The smallest absolute Gasteiger partial charge is 0.0659 e. The molecule has 0 radical (unpaired) electrons. The fourth-order valence-electron chi connectivity index (χ4n) is 2.16. The van der Waals surface area contributed by atoms with Crippen molar-refractivity contribution in [2.24, 2.45) is 11.8 Å². The van der Waals surface area contributed by atoms with Crippen LogP contribution in [0.15, 0.2) is 0 Å². The molecule has 1 heterocycles. The molecule has 0 amide bonds. The molecule has 0 aromatic carbocycles. The first-order valence-electron chi connectivity index (χ1n) is 4.03. The number of nitrogens with one attached hydrogen (secondary N) is 1. The molecule has 2 aliphatic rings. The standard InChI is InChI=1S/C8H12N2/c9-4-6-1-2-8-3-7(6)5-10-8/h6-8,10H,1-3,5H2. The third kappa shape index (κ3) is 0.819. The highest BCUT2D eigenvalue weighted by Gasteiger charge is 2.35. The summed E-state index contributed by atoms with van der Waals surface area (Å²) in [6.07, 6.45) is 3.59. The Labute approximate surface area is 61.2 Å². The van der Waals surface area contributed by atoms with E-state index in [0.29, 0.717) is 11.8 Å². The number of rotatable bonds is 0. The third-order valence-electron chi connectivity index (χ3n) is 2.82. The molecular weight excluding hydrogens is 124 g/mol. The van der Waals surface area contributed by atoms with Crippen molar-refractivity contribution in [3.63, 3.8) is 0 Å². The van der Waals surface area contributed by atoms with Gasteiger partial charge in [-0.1, -0.05) is 0 Å². The number of nitrogens with zero attached hydrogens (tertiary/aromatic N) is 1. The maximum Gasteiger partial charge on any atom is 0.0659 e. The summed E-state index contributed by atoms with van der Waals surface area (Å²) in [5.74, 6) is 1.02. The Hall–Kier alpha value is -0.550. The molecule has 1 aliphatic carbocycles. The van der Waals surface area contributed by atoms with Crippen molar-refractivity contribution >= 4 is 0 Å². The van der Waals surface area contributed by atoms with Crippen LogP contribution in [0.2, 0.25) is 0 Å². The minimum atomic E-state index is 0.353. The normalized spacial score (nSPS) is 44.9. The molecule has 2 heteroatoms. The predicted molar refractivity (Wildman–Crippen MR) is 38.2 cm³/mol. The first kappa shape index (κ1) is 6.18. The molecule has 0 spiro atoms. The second-order valence-electron chi connectivity index (χ2n) is 3.41. The van der Waals surface area contributed by atoms with E-state index in [1.807, 2.05) is 0 Å². The molecule has 3 unspecified atom stereocenters. The minimum Gasteiger partial charge on any atom is -0.314 e. The molecule has 54 valence electrons. The topological polar surface area (TPSA) is 35.8 Å². The number of hydrogen-bond acceptors (Lipinski definition) is 2. The van der Waals surface area contributed by atoms with E-state index < -0.39 is 0 Å². The van der Waals surface area contributed by atoms with Gasteiger partial charge < -0.3 is 5.32 Å². The molecule has 1 N–H and O–H groups in total. The van der Waals surface area contributed by atoms with Gasteiger partial charge in [-0.15, -0.1) is 0 Å². The number of nitriles is 1. The number of fused-ring (bicyclic) bond motifs is 2.